The van der Waals surface area contributed by atoms with E-state index in [9.17, 15) is 27.9 Å². The Hall–Kier alpha value is -2.91. The van der Waals surface area contributed by atoms with E-state index in [1.54, 1.807) is 22.8 Å². The van der Waals surface area contributed by atoms with E-state index >= 15 is 0 Å². The number of allylic oxidation sites excluding steroid dienone is 1. The van der Waals surface area contributed by atoms with Crippen molar-refractivity contribution < 1.29 is 23.1 Å². The maximum atomic E-state index is 13.0. The van der Waals surface area contributed by atoms with Crippen molar-refractivity contribution in [1.29, 1.82) is 0 Å². The van der Waals surface area contributed by atoms with Gasteiger partial charge in [-0.2, -0.15) is 13.2 Å². The highest BCUT2D eigenvalue weighted by molar-refractivity contribution is 5.83. The lowest BCUT2D eigenvalue weighted by molar-refractivity contribution is -0.142. The molecule has 9 heteroatoms. The Balaban J connectivity index is 1.70. The van der Waals surface area contributed by atoms with Crippen molar-refractivity contribution in [3.63, 3.8) is 0 Å². The van der Waals surface area contributed by atoms with Gasteiger partial charge in [0.2, 0.25) is 5.91 Å². The molecule has 182 valence electrons. The average molecular weight is 476 g/mol. The summed E-state index contributed by atoms with van der Waals surface area (Å²) in [6, 6.07) is 11.9. The number of aliphatic hydroxyl groups is 1. The zero-order valence-electron chi connectivity index (χ0n) is 18.8. The number of likely N-dealkylation sites (tertiary alicyclic amines) is 1. The van der Waals surface area contributed by atoms with Crippen molar-refractivity contribution in [3.8, 4) is 0 Å². The van der Waals surface area contributed by atoms with Gasteiger partial charge in [-0.25, -0.2) is 0 Å². The van der Waals surface area contributed by atoms with Gasteiger partial charge in [0, 0.05) is 42.8 Å². The second kappa shape index (κ2) is 9.76. The second-order valence-electron chi connectivity index (χ2n) is 8.84. The third kappa shape index (κ3) is 4.67. The summed E-state index contributed by atoms with van der Waals surface area (Å²) in [5.74, 6) is -1.62. The van der Waals surface area contributed by atoms with E-state index in [0.717, 1.165) is 11.3 Å². The summed E-state index contributed by atoms with van der Waals surface area (Å²) in [7, 11) is 0. The highest BCUT2D eigenvalue weighted by Crippen LogP contribution is 2.49. The number of pyridine rings is 1. The number of nitrogens with one attached hydrogen (secondary N) is 1. The number of halogens is 3. The quantitative estimate of drug-likeness (QED) is 0.646. The molecular weight excluding hydrogens is 447 g/mol. The van der Waals surface area contributed by atoms with Crippen molar-refractivity contribution in [1.82, 2.24) is 14.8 Å². The molecule has 4 rings (SSSR count). The topological polar surface area (TPSA) is 74.6 Å². The minimum Gasteiger partial charge on any atom is -0.396 e. The van der Waals surface area contributed by atoms with Gasteiger partial charge in [0.25, 0.3) is 5.56 Å². The predicted octanol–water partition coefficient (Wildman–Crippen LogP) is 2.77. The van der Waals surface area contributed by atoms with Crippen LogP contribution in [0.1, 0.15) is 29.8 Å². The fourth-order valence-corrected chi connectivity index (χ4v) is 5.38. The molecule has 2 N–H and O–H groups in total. The van der Waals surface area contributed by atoms with Gasteiger partial charge in [-0.05, 0) is 31.0 Å². The van der Waals surface area contributed by atoms with Crippen molar-refractivity contribution in [2.45, 2.75) is 38.1 Å². The molecule has 0 spiro atoms. The zero-order chi connectivity index (χ0) is 24.5. The highest BCUT2D eigenvalue weighted by atomic mass is 19.4. The summed E-state index contributed by atoms with van der Waals surface area (Å²) in [6.45, 7) is 0.739. The molecule has 3 heterocycles. The number of alkyl halides is 3. The van der Waals surface area contributed by atoms with E-state index in [2.05, 4.69) is 0 Å². The van der Waals surface area contributed by atoms with Crippen molar-refractivity contribution in [3.05, 3.63) is 75.7 Å². The standard InChI is InChI=1S/C25H28F3N3O3/c1-2-6-17-9-10-20-21-18(13-31(20)24(17)34)19(14-32)22(23(33)29-15-25(26,27)28)30(21)12-11-16-7-4-3-5-8-16/h2-10,18-19,21-22,32H,11-15H2,1H3,(H,29,33)/b6-2+/t18-,19-,21+,22-/m0/s1. The molecular formula is C25H28F3N3O3. The Morgan fingerprint density at radius 1 is 1.21 bits per heavy atom. The van der Waals surface area contributed by atoms with Gasteiger partial charge in [-0.15, -0.1) is 0 Å². The van der Waals surface area contributed by atoms with E-state index in [1.165, 1.54) is 0 Å². The summed E-state index contributed by atoms with van der Waals surface area (Å²) in [4.78, 5) is 27.9. The van der Waals surface area contributed by atoms with Gasteiger partial charge in [-0.3, -0.25) is 14.5 Å². The van der Waals surface area contributed by atoms with E-state index in [0.29, 0.717) is 25.1 Å². The fourth-order valence-electron chi connectivity index (χ4n) is 5.38. The van der Waals surface area contributed by atoms with Crippen molar-refractivity contribution in [2.24, 2.45) is 11.8 Å². The predicted molar refractivity (Wildman–Crippen MR) is 122 cm³/mol. The van der Waals surface area contributed by atoms with E-state index in [-0.39, 0.29) is 24.1 Å². The number of carbonyl (C=O) groups excluding carboxylic acids is 1. The number of hydrogen-bond donors (Lipinski definition) is 2. The van der Waals surface area contributed by atoms with Crippen LogP contribution in [0.2, 0.25) is 0 Å². The largest absolute Gasteiger partial charge is 0.405 e. The molecule has 0 bridgehead atoms. The first kappa shape index (κ1) is 24.2. The Morgan fingerprint density at radius 2 is 1.94 bits per heavy atom. The van der Waals surface area contributed by atoms with Gasteiger partial charge in [0.05, 0.1) is 12.1 Å². The Kier molecular flexibility index (Phi) is 6.95. The monoisotopic (exact) mass is 475 g/mol. The molecule has 4 atom stereocenters. The van der Waals surface area contributed by atoms with Gasteiger partial charge in [0.15, 0.2) is 0 Å². The van der Waals surface area contributed by atoms with Crippen LogP contribution in [0.5, 0.6) is 0 Å². The molecule has 1 amide bonds. The molecule has 0 aliphatic carbocycles. The summed E-state index contributed by atoms with van der Waals surface area (Å²) in [6.07, 6.45) is -0.444. The van der Waals surface area contributed by atoms with Crippen LogP contribution in [0, 0.1) is 11.8 Å². The molecule has 1 fully saturated rings. The molecule has 0 radical (unpaired) electrons. The maximum Gasteiger partial charge on any atom is 0.405 e. The number of aromatic nitrogens is 1. The molecule has 2 aliphatic heterocycles. The normalized spacial score (nSPS) is 24.4. The molecule has 6 nitrogen and oxygen atoms in total. The minimum absolute atomic E-state index is 0.150. The summed E-state index contributed by atoms with van der Waals surface area (Å²) < 4.78 is 40.1. The molecule has 1 aromatic heterocycles. The third-order valence-corrected chi connectivity index (χ3v) is 6.80. The van der Waals surface area contributed by atoms with Crippen molar-refractivity contribution >= 4 is 12.0 Å². The summed E-state index contributed by atoms with van der Waals surface area (Å²) >= 11 is 0. The number of fused-ring (bicyclic) bond motifs is 3. The van der Waals surface area contributed by atoms with Gasteiger partial charge >= 0.3 is 6.18 Å². The molecule has 0 unspecified atom stereocenters. The number of aliphatic hydroxyl groups excluding tert-OH is 1. The number of amides is 1. The average Bonchev–Trinajstić information content (AvgIpc) is 3.33. The van der Waals surface area contributed by atoms with E-state index in [4.69, 9.17) is 0 Å². The van der Waals surface area contributed by atoms with Crippen LogP contribution in [0.3, 0.4) is 0 Å². The molecule has 2 aliphatic rings. The van der Waals surface area contributed by atoms with Crippen LogP contribution >= 0.6 is 0 Å². The van der Waals surface area contributed by atoms with Crippen LogP contribution < -0.4 is 10.9 Å². The van der Waals surface area contributed by atoms with Crippen molar-refractivity contribution in [2.75, 3.05) is 19.7 Å². The molecule has 1 aromatic carbocycles. The lowest BCUT2D eigenvalue weighted by atomic mass is 9.88. The third-order valence-electron chi connectivity index (χ3n) is 6.80. The second-order valence-corrected chi connectivity index (χ2v) is 8.84. The van der Waals surface area contributed by atoms with Gasteiger partial charge in [0.1, 0.15) is 6.54 Å². The first-order valence-electron chi connectivity index (χ1n) is 11.4. The Bertz CT molecular complexity index is 1110. The number of hydrogen-bond acceptors (Lipinski definition) is 4. The fraction of sp³-hybridized carbons (Fsp3) is 0.440. The smallest absolute Gasteiger partial charge is 0.396 e. The SMILES string of the molecule is C/C=C/c1ccc2n(c1=O)C[C@H]1[C@H](CO)[C@@H](C(=O)NCC(F)(F)F)N(CCc3ccccc3)[C@@H]21. The number of benzene rings is 1. The lowest BCUT2D eigenvalue weighted by Gasteiger charge is -2.31. The highest BCUT2D eigenvalue weighted by Gasteiger charge is 2.55. The zero-order valence-corrected chi connectivity index (χ0v) is 18.8. The number of rotatable bonds is 7. The lowest BCUT2D eigenvalue weighted by Crippen LogP contribution is -2.50. The minimum atomic E-state index is -4.53. The molecule has 0 saturated carbocycles. The van der Waals surface area contributed by atoms with Crippen LogP contribution in [0.15, 0.2) is 53.3 Å². The Labute approximate surface area is 195 Å². The summed E-state index contributed by atoms with van der Waals surface area (Å²) in [5, 5.41) is 12.2. The van der Waals surface area contributed by atoms with Crippen LogP contribution in [0.4, 0.5) is 13.2 Å². The van der Waals surface area contributed by atoms with Crippen LogP contribution in [0.25, 0.3) is 6.08 Å². The Morgan fingerprint density at radius 3 is 2.59 bits per heavy atom. The van der Waals surface area contributed by atoms with E-state index < -0.39 is 30.6 Å². The summed E-state index contributed by atoms with van der Waals surface area (Å²) in [5.41, 5.74) is 2.14. The van der Waals surface area contributed by atoms with Gasteiger partial charge < -0.3 is 15.0 Å². The van der Waals surface area contributed by atoms with Crippen LogP contribution in [-0.4, -0.2) is 52.4 Å². The van der Waals surface area contributed by atoms with Crippen LogP contribution in [-0.2, 0) is 17.8 Å². The molecule has 1 saturated heterocycles. The number of carbonyl (C=O) groups is 1. The first-order chi connectivity index (χ1) is 16.2. The molecule has 2 aromatic rings. The maximum absolute atomic E-state index is 13.0. The van der Waals surface area contributed by atoms with E-state index in [1.807, 2.05) is 53.5 Å². The van der Waals surface area contributed by atoms with Gasteiger partial charge in [-0.1, -0.05) is 42.5 Å². The molecule has 34 heavy (non-hydrogen) atoms. The number of nitrogens with zero attached hydrogens (tertiary/aromatic N) is 2. The first-order valence-corrected chi connectivity index (χ1v) is 11.4.